The first-order chi connectivity index (χ1) is 21.7. The number of rotatable bonds is 14. The molecule has 240 valence electrons. The number of aliphatic hydroxyl groups excluding tert-OH is 1. The number of halogens is 1. The highest BCUT2D eigenvalue weighted by molar-refractivity contribution is 9.09. The van der Waals surface area contributed by atoms with Crippen molar-refractivity contribution in [2.75, 3.05) is 31.1 Å². The van der Waals surface area contributed by atoms with Gasteiger partial charge in [0.2, 0.25) is 11.8 Å². The minimum absolute atomic E-state index is 0.0652. The van der Waals surface area contributed by atoms with Gasteiger partial charge in [-0.15, -0.1) is 13.2 Å². The average Bonchev–Trinajstić information content (AvgIpc) is 3.61. The number of hydrogen-bond acceptors (Lipinski definition) is 5. The highest BCUT2D eigenvalue weighted by Crippen LogP contribution is 2.60. The molecule has 9 heteroatoms. The predicted molar refractivity (Wildman–Crippen MR) is 179 cm³/mol. The summed E-state index contributed by atoms with van der Waals surface area (Å²) in [6.45, 7) is 13.1. The number of hydrogen-bond donors (Lipinski definition) is 1. The fourth-order valence-corrected chi connectivity index (χ4v) is 8.65. The van der Waals surface area contributed by atoms with E-state index in [1.54, 1.807) is 26.9 Å². The number of aryl methyl sites for hydroxylation is 2. The lowest BCUT2D eigenvalue weighted by molar-refractivity contribution is -0.145. The molecule has 0 saturated carbocycles. The molecule has 2 aromatic rings. The van der Waals surface area contributed by atoms with Gasteiger partial charge in [-0.2, -0.15) is 0 Å². The number of aliphatic hydroxyl groups is 1. The van der Waals surface area contributed by atoms with Gasteiger partial charge < -0.3 is 24.5 Å². The summed E-state index contributed by atoms with van der Waals surface area (Å²) in [5.74, 6) is -2.15. The number of carbonyl (C=O) groups is 3. The van der Waals surface area contributed by atoms with Crippen molar-refractivity contribution in [2.24, 2.45) is 11.8 Å². The molecule has 1 spiro atoms. The van der Waals surface area contributed by atoms with Gasteiger partial charge in [0.15, 0.2) is 0 Å². The van der Waals surface area contributed by atoms with E-state index in [9.17, 15) is 19.5 Å². The van der Waals surface area contributed by atoms with Crippen LogP contribution in [0.2, 0.25) is 0 Å². The van der Waals surface area contributed by atoms with E-state index in [1.165, 1.54) is 0 Å². The van der Waals surface area contributed by atoms with Crippen LogP contribution in [0, 0.1) is 25.7 Å². The van der Waals surface area contributed by atoms with Gasteiger partial charge >= 0.3 is 0 Å². The lowest BCUT2D eigenvalue weighted by Crippen LogP contribution is -2.57. The second-order valence-corrected chi connectivity index (χ2v) is 13.6. The van der Waals surface area contributed by atoms with E-state index in [-0.39, 0.29) is 35.7 Å². The van der Waals surface area contributed by atoms with Gasteiger partial charge in [0.05, 0.1) is 17.9 Å². The summed E-state index contributed by atoms with van der Waals surface area (Å²) in [4.78, 5) is 48.9. The molecular formula is C36H44BrN3O5. The van der Waals surface area contributed by atoms with Crippen molar-refractivity contribution in [1.82, 2.24) is 9.80 Å². The Hall–Kier alpha value is -3.27. The summed E-state index contributed by atoms with van der Waals surface area (Å²) in [7, 11) is 0. The van der Waals surface area contributed by atoms with Gasteiger partial charge in [0.1, 0.15) is 11.6 Å². The quantitative estimate of drug-likeness (QED) is 0.174. The summed E-state index contributed by atoms with van der Waals surface area (Å²) in [5, 5.41) is 9.38. The van der Waals surface area contributed by atoms with Crippen LogP contribution in [0.5, 0.6) is 0 Å². The molecule has 3 amide bonds. The standard InChI is InChI=1S/C36H44BrN3O5/c1-5-18-38(23-26-16-9-7-10-17-26)33(42)28-29-34(43)40(20-11-8-12-21-41)32(36(29)22-27(37)31(28)45-36)35(44)39(19-6-2)30-24(3)14-13-15-25(30)4/h5-7,9-10,13-17,27-29,31-32,41H,1-2,8,11-12,18-23H2,3-4H3/t27?,28-,29+,31-,32?,36?/m1/s1. The minimum Gasteiger partial charge on any atom is -0.396 e. The molecule has 0 aliphatic carbocycles. The number of ether oxygens (including phenoxy) is 1. The second-order valence-electron chi connectivity index (χ2n) is 12.5. The largest absolute Gasteiger partial charge is 0.396 e. The van der Waals surface area contributed by atoms with Crippen LogP contribution in [0.25, 0.3) is 0 Å². The number of amides is 3. The average molecular weight is 679 g/mol. The van der Waals surface area contributed by atoms with Crippen LogP contribution in [0.1, 0.15) is 42.4 Å². The summed E-state index contributed by atoms with van der Waals surface area (Å²) in [5.41, 5.74) is 2.51. The zero-order valence-corrected chi connectivity index (χ0v) is 27.8. The van der Waals surface area contributed by atoms with Crippen LogP contribution in [0.4, 0.5) is 5.69 Å². The van der Waals surface area contributed by atoms with E-state index in [1.807, 2.05) is 62.4 Å². The van der Waals surface area contributed by atoms with Crippen molar-refractivity contribution in [3.8, 4) is 0 Å². The van der Waals surface area contributed by atoms with Crippen molar-refractivity contribution in [1.29, 1.82) is 0 Å². The zero-order chi connectivity index (χ0) is 32.3. The fourth-order valence-electron chi connectivity index (χ4n) is 7.70. The molecule has 0 aromatic heterocycles. The van der Waals surface area contributed by atoms with Crippen LogP contribution >= 0.6 is 15.9 Å². The van der Waals surface area contributed by atoms with Gasteiger partial charge in [-0.3, -0.25) is 14.4 Å². The Bertz CT molecular complexity index is 1410. The van der Waals surface area contributed by atoms with E-state index in [4.69, 9.17) is 4.74 Å². The Balaban J connectivity index is 1.56. The third-order valence-electron chi connectivity index (χ3n) is 9.53. The molecular weight excluding hydrogens is 634 g/mol. The first-order valence-electron chi connectivity index (χ1n) is 15.9. The molecule has 6 atom stereocenters. The molecule has 8 nitrogen and oxygen atoms in total. The summed E-state index contributed by atoms with van der Waals surface area (Å²) in [6, 6.07) is 14.8. The number of fused-ring (bicyclic) bond motifs is 1. The van der Waals surface area contributed by atoms with Gasteiger partial charge in [0, 0.05) is 43.3 Å². The molecule has 1 N–H and O–H groups in total. The summed E-state index contributed by atoms with van der Waals surface area (Å²) >= 11 is 3.80. The highest BCUT2D eigenvalue weighted by atomic mass is 79.9. The first-order valence-corrected chi connectivity index (χ1v) is 16.8. The van der Waals surface area contributed by atoms with Gasteiger partial charge in [-0.25, -0.2) is 0 Å². The number of anilines is 1. The normalized spacial score (nSPS) is 26.5. The van der Waals surface area contributed by atoms with Crippen molar-refractivity contribution in [2.45, 2.75) is 68.6 Å². The minimum atomic E-state index is -1.16. The van der Waals surface area contributed by atoms with Gasteiger partial charge in [-0.1, -0.05) is 76.6 Å². The Kier molecular flexibility index (Phi) is 10.3. The van der Waals surface area contributed by atoms with Crippen LogP contribution in [0.3, 0.4) is 0 Å². The van der Waals surface area contributed by atoms with E-state index < -0.39 is 29.6 Å². The number of carbonyl (C=O) groups excluding carboxylic acids is 3. The molecule has 2 aromatic carbocycles. The zero-order valence-electron chi connectivity index (χ0n) is 26.2. The highest BCUT2D eigenvalue weighted by Gasteiger charge is 2.76. The Morgan fingerprint density at radius 2 is 1.71 bits per heavy atom. The maximum atomic E-state index is 14.9. The summed E-state index contributed by atoms with van der Waals surface area (Å²) in [6.07, 6.45) is 5.24. The molecule has 3 saturated heterocycles. The van der Waals surface area contributed by atoms with E-state index >= 15 is 0 Å². The van der Waals surface area contributed by atoms with Crippen molar-refractivity contribution < 1.29 is 24.2 Å². The third kappa shape index (κ3) is 6.02. The number of unbranched alkanes of at least 4 members (excludes halogenated alkanes) is 2. The SMILES string of the molecule is C=CCN(Cc1ccccc1)C(=O)[C@H]1[C@@H]2OC3(CC2Br)C(C(=O)N(CC=C)c2c(C)cccc2C)N(CCCCCO)C(=O)[C@H]13. The maximum Gasteiger partial charge on any atom is 0.253 e. The number of alkyl halides is 1. The molecule has 5 rings (SSSR count). The molecule has 0 radical (unpaired) electrons. The van der Waals surface area contributed by atoms with Crippen LogP contribution in [0.15, 0.2) is 73.8 Å². The number of likely N-dealkylation sites (tertiary alicyclic amines) is 1. The van der Waals surface area contributed by atoms with Crippen molar-refractivity contribution in [3.05, 3.63) is 90.5 Å². The fraction of sp³-hybridized carbons (Fsp3) is 0.472. The lowest BCUT2D eigenvalue weighted by Gasteiger charge is -2.38. The Labute approximate surface area is 274 Å². The topological polar surface area (TPSA) is 90.4 Å². The molecule has 45 heavy (non-hydrogen) atoms. The van der Waals surface area contributed by atoms with Crippen LogP contribution in [-0.4, -0.2) is 81.4 Å². The van der Waals surface area contributed by atoms with Crippen LogP contribution in [-0.2, 0) is 25.7 Å². The maximum absolute atomic E-state index is 14.9. The lowest BCUT2D eigenvalue weighted by atomic mass is 9.70. The van der Waals surface area contributed by atoms with Gasteiger partial charge in [-0.05, 0) is 56.2 Å². The molecule has 3 aliphatic heterocycles. The monoisotopic (exact) mass is 677 g/mol. The molecule has 3 fully saturated rings. The number of benzene rings is 2. The summed E-state index contributed by atoms with van der Waals surface area (Å²) < 4.78 is 6.80. The second kappa shape index (κ2) is 14.0. The Morgan fingerprint density at radius 1 is 1.02 bits per heavy atom. The van der Waals surface area contributed by atoms with E-state index in [0.717, 1.165) is 22.4 Å². The van der Waals surface area contributed by atoms with E-state index in [2.05, 4.69) is 29.1 Å². The molecule has 3 unspecified atom stereocenters. The molecule has 3 heterocycles. The molecule has 2 bridgehead atoms. The smallest absolute Gasteiger partial charge is 0.253 e. The Morgan fingerprint density at radius 3 is 2.36 bits per heavy atom. The van der Waals surface area contributed by atoms with Crippen molar-refractivity contribution >= 4 is 39.3 Å². The first kappa shape index (κ1) is 33.1. The predicted octanol–water partition coefficient (Wildman–Crippen LogP) is 4.95. The number of para-hydroxylation sites is 1. The van der Waals surface area contributed by atoms with Crippen LogP contribution < -0.4 is 4.90 Å². The third-order valence-corrected chi connectivity index (χ3v) is 10.4. The van der Waals surface area contributed by atoms with E-state index in [0.29, 0.717) is 45.3 Å². The van der Waals surface area contributed by atoms with Crippen molar-refractivity contribution in [3.63, 3.8) is 0 Å². The molecule has 3 aliphatic rings. The van der Waals surface area contributed by atoms with Gasteiger partial charge in [0.25, 0.3) is 5.91 Å². The number of nitrogens with zero attached hydrogens (tertiary/aromatic N) is 3.